The van der Waals surface area contributed by atoms with Gasteiger partial charge in [0.05, 0.1) is 26.9 Å². The van der Waals surface area contributed by atoms with Crippen LogP contribution in [-0.2, 0) is 16.6 Å². The predicted molar refractivity (Wildman–Crippen MR) is 155 cm³/mol. The summed E-state index contributed by atoms with van der Waals surface area (Å²) in [6.45, 7) is 2.36. The van der Waals surface area contributed by atoms with E-state index in [0.717, 1.165) is 10.3 Å². The number of carbonyl (C=O) groups is 1. The van der Waals surface area contributed by atoms with Crippen molar-refractivity contribution in [1.29, 1.82) is 0 Å². The lowest BCUT2D eigenvalue weighted by Gasteiger charge is -2.23. The van der Waals surface area contributed by atoms with E-state index in [1.165, 1.54) is 27.8 Å². The minimum atomic E-state index is -3.81. The zero-order valence-electron chi connectivity index (χ0n) is 20.5. The van der Waals surface area contributed by atoms with Crippen molar-refractivity contribution in [2.24, 2.45) is 0 Å². The van der Waals surface area contributed by atoms with Gasteiger partial charge >= 0.3 is 0 Å². The van der Waals surface area contributed by atoms with Gasteiger partial charge in [0.2, 0.25) is 0 Å². The molecule has 6 nitrogen and oxygen atoms in total. The molecule has 0 radical (unpaired) electrons. The zero-order chi connectivity index (χ0) is 26.7. The van der Waals surface area contributed by atoms with Crippen LogP contribution in [0, 0.1) is 0 Å². The van der Waals surface area contributed by atoms with Crippen LogP contribution in [-0.4, -0.2) is 25.9 Å². The Bertz CT molecular complexity index is 1670. The van der Waals surface area contributed by atoms with Gasteiger partial charge in [-0.3, -0.25) is 14.0 Å². The SMILES string of the molecule is CCN(c1ccccc1)S(=O)(=O)c1ccc(C(=O)N(Cc2ccccc2)c2nc3c(Cl)cccc3s2)cc1. The van der Waals surface area contributed by atoms with E-state index in [0.29, 0.717) is 33.5 Å². The molecule has 1 amide bonds. The molecule has 0 atom stereocenters. The van der Waals surface area contributed by atoms with Crippen LogP contribution in [0.25, 0.3) is 10.2 Å². The van der Waals surface area contributed by atoms with E-state index >= 15 is 0 Å². The smallest absolute Gasteiger partial charge is 0.264 e. The number of carbonyl (C=O) groups excluding carboxylic acids is 1. The van der Waals surface area contributed by atoms with Crippen LogP contribution in [0.1, 0.15) is 22.8 Å². The number of nitrogens with zero attached hydrogens (tertiary/aromatic N) is 3. The minimum absolute atomic E-state index is 0.112. The number of sulfonamides is 1. The molecular formula is C29H24ClN3O3S2. The Hall–Kier alpha value is -3.72. The average molecular weight is 562 g/mol. The Morgan fingerprint density at radius 2 is 1.53 bits per heavy atom. The number of hydrogen-bond donors (Lipinski definition) is 0. The average Bonchev–Trinajstić information content (AvgIpc) is 3.38. The van der Waals surface area contributed by atoms with Gasteiger partial charge in [0.15, 0.2) is 5.13 Å². The van der Waals surface area contributed by atoms with Crippen molar-refractivity contribution in [3.8, 4) is 0 Å². The number of rotatable bonds is 8. The standard InChI is InChI=1S/C29H24ClN3O3S2/c1-2-33(23-12-7-4-8-13-23)38(35,36)24-18-16-22(17-19-24)28(34)32(20-21-10-5-3-6-11-21)29-31-27-25(30)14-9-15-26(27)37-29/h3-19H,2,20H2,1H3. The van der Waals surface area contributed by atoms with Crippen molar-refractivity contribution in [1.82, 2.24) is 4.98 Å². The maximum Gasteiger partial charge on any atom is 0.264 e. The molecule has 4 aromatic carbocycles. The van der Waals surface area contributed by atoms with Crippen LogP contribution in [0.3, 0.4) is 0 Å². The second-order valence-electron chi connectivity index (χ2n) is 8.49. The van der Waals surface area contributed by atoms with Gasteiger partial charge in [-0.15, -0.1) is 0 Å². The highest BCUT2D eigenvalue weighted by Crippen LogP contribution is 2.34. The van der Waals surface area contributed by atoms with Gasteiger partial charge in [0.25, 0.3) is 15.9 Å². The van der Waals surface area contributed by atoms with Gasteiger partial charge in [-0.1, -0.05) is 77.5 Å². The van der Waals surface area contributed by atoms with Gasteiger partial charge in [-0.25, -0.2) is 13.4 Å². The topological polar surface area (TPSA) is 70.6 Å². The maximum absolute atomic E-state index is 13.8. The van der Waals surface area contributed by atoms with Crippen LogP contribution in [0.5, 0.6) is 0 Å². The van der Waals surface area contributed by atoms with Gasteiger partial charge in [0, 0.05) is 12.1 Å². The summed E-state index contributed by atoms with van der Waals surface area (Å²) < 4.78 is 29.0. The van der Waals surface area contributed by atoms with E-state index in [1.54, 1.807) is 54.3 Å². The van der Waals surface area contributed by atoms with E-state index in [-0.39, 0.29) is 17.3 Å². The number of benzene rings is 4. The van der Waals surface area contributed by atoms with Gasteiger partial charge in [0.1, 0.15) is 5.52 Å². The Kier molecular flexibility index (Phi) is 7.46. The number of aromatic nitrogens is 1. The Morgan fingerprint density at radius 1 is 0.868 bits per heavy atom. The summed E-state index contributed by atoms with van der Waals surface area (Å²) in [6.07, 6.45) is 0. The maximum atomic E-state index is 13.8. The quantitative estimate of drug-likeness (QED) is 0.204. The number of fused-ring (bicyclic) bond motifs is 1. The molecule has 38 heavy (non-hydrogen) atoms. The van der Waals surface area contributed by atoms with Crippen LogP contribution in [0.4, 0.5) is 10.8 Å². The molecule has 9 heteroatoms. The first-order valence-electron chi connectivity index (χ1n) is 12.0. The third-order valence-electron chi connectivity index (χ3n) is 6.04. The third kappa shape index (κ3) is 5.15. The van der Waals surface area contributed by atoms with Crippen LogP contribution < -0.4 is 9.21 Å². The molecule has 0 aliphatic heterocycles. The fourth-order valence-electron chi connectivity index (χ4n) is 4.15. The van der Waals surface area contributed by atoms with E-state index in [1.807, 2.05) is 48.5 Å². The van der Waals surface area contributed by atoms with Crippen molar-refractivity contribution in [3.05, 3.63) is 119 Å². The van der Waals surface area contributed by atoms with Crippen molar-refractivity contribution >= 4 is 59.9 Å². The molecule has 1 heterocycles. The van der Waals surface area contributed by atoms with E-state index in [2.05, 4.69) is 4.98 Å². The van der Waals surface area contributed by atoms with Gasteiger partial charge < -0.3 is 0 Å². The molecule has 0 saturated carbocycles. The molecule has 0 saturated heterocycles. The summed E-state index contributed by atoms with van der Waals surface area (Å²) in [5.74, 6) is -0.289. The van der Waals surface area contributed by atoms with Crippen molar-refractivity contribution in [2.45, 2.75) is 18.4 Å². The molecule has 0 N–H and O–H groups in total. The third-order valence-corrected chi connectivity index (χ3v) is 9.30. The van der Waals surface area contributed by atoms with Crippen molar-refractivity contribution in [2.75, 3.05) is 15.7 Å². The molecular weight excluding hydrogens is 538 g/mol. The predicted octanol–water partition coefficient (Wildman–Crippen LogP) is 7.01. The summed E-state index contributed by atoms with van der Waals surface area (Å²) >= 11 is 7.73. The van der Waals surface area contributed by atoms with E-state index < -0.39 is 10.0 Å². The van der Waals surface area contributed by atoms with E-state index in [9.17, 15) is 13.2 Å². The van der Waals surface area contributed by atoms with Gasteiger partial charge in [-0.05, 0) is 61.0 Å². The normalized spacial score (nSPS) is 11.4. The Labute approximate surface area is 230 Å². The summed E-state index contributed by atoms with van der Waals surface area (Å²) in [7, 11) is -3.81. The molecule has 192 valence electrons. The molecule has 0 aliphatic carbocycles. The minimum Gasteiger partial charge on any atom is -0.279 e. The van der Waals surface area contributed by atoms with Crippen molar-refractivity contribution < 1.29 is 13.2 Å². The number of hydrogen-bond acceptors (Lipinski definition) is 5. The molecule has 5 rings (SSSR count). The lowest BCUT2D eigenvalue weighted by Crippen LogP contribution is -2.31. The zero-order valence-corrected chi connectivity index (χ0v) is 22.9. The molecule has 0 aliphatic rings. The first-order chi connectivity index (χ1) is 18.4. The summed E-state index contributed by atoms with van der Waals surface area (Å²) in [5, 5.41) is 1.03. The fraction of sp³-hybridized carbons (Fsp3) is 0.103. The highest BCUT2D eigenvalue weighted by molar-refractivity contribution is 7.92. The summed E-state index contributed by atoms with van der Waals surface area (Å²) in [4.78, 5) is 20.2. The highest BCUT2D eigenvalue weighted by Gasteiger charge is 2.26. The highest BCUT2D eigenvalue weighted by atomic mass is 35.5. The molecule has 0 fully saturated rings. The second kappa shape index (κ2) is 10.9. The summed E-state index contributed by atoms with van der Waals surface area (Å²) in [5.41, 5.74) is 2.51. The summed E-state index contributed by atoms with van der Waals surface area (Å²) in [6, 6.07) is 30.2. The molecule has 5 aromatic rings. The number of anilines is 2. The monoisotopic (exact) mass is 561 g/mol. The second-order valence-corrected chi connectivity index (χ2v) is 11.8. The first-order valence-corrected chi connectivity index (χ1v) is 14.6. The van der Waals surface area contributed by atoms with Crippen molar-refractivity contribution in [3.63, 3.8) is 0 Å². The molecule has 0 bridgehead atoms. The fourth-order valence-corrected chi connectivity index (χ4v) is 6.89. The molecule has 0 unspecified atom stereocenters. The molecule has 1 aromatic heterocycles. The Morgan fingerprint density at radius 3 is 2.16 bits per heavy atom. The largest absolute Gasteiger partial charge is 0.279 e. The van der Waals surface area contributed by atoms with Crippen LogP contribution in [0.15, 0.2) is 108 Å². The van der Waals surface area contributed by atoms with Crippen LogP contribution in [0.2, 0.25) is 5.02 Å². The lowest BCUT2D eigenvalue weighted by atomic mass is 10.1. The number of halogens is 1. The Balaban J connectivity index is 1.49. The van der Waals surface area contributed by atoms with E-state index in [4.69, 9.17) is 11.6 Å². The van der Waals surface area contributed by atoms with Gasteiger partial charge in [-0.2, -0.15) is 0 Å². The number of para-hydroxylation sites is 2. The van der Waals surface area contributed by atoms with Crippen LogP contribution >= 0.6 is 22.9 Å². The lowest BCUT2D eigenvalue weighted by molar-refractivity contribution is 0.0985. The number of amides is 1. The molecule has 0 spiro atoms. The number of thiazole rings is 1. The first kappa shape index (κ1) is 25.9.